The van der Waals surface area contributed by atoms with Crippen LogP contribution in [-0.2, 0) is 14.4 Å². The van der Waals surface area contributed by atoms with Crippen LogP contribution in [-0.4, -0.2) is 30.4 Å². The second kappa shape index (κ2) is 8.72. The molecule has 2 aromatic carbocycles. The van der Waals surface area contributed by atoms with Crippen LogP contribution in [0, 0.1) is 18.7 Å². The van der Waals surface area contributed by atoms with Crippen molar-refractivity contribution in [3.05, 3.63) is 59.9 Å². The molecule has 0 spiro atoms. The number of rotatable bonds is 5. The third kappa shape index (κ3) is 4.90. The van der Waals surface area contributed by atoms with E-state index in [-0.39, 0.29) is 24.6 Å². The Kier molecular flexibility index (Phi) is 6.11. The van der Waals surface area contributed by atoms with Crippen molar-refractivity contribution < 1.29 is 23.5 Å². The van der Waals surface area contributed by atoms with Gasteiger partial charge in [0.15, 0.2) is 17.7 Å². The minimum Gasteiger partial charge on any atom is -0.478 e. The molecule has 8 heteroatoms. The average molecular weight is 399 g/mol. The number of para-hydroxylation sites is 1. The molecule has 3 rings (SSSR count). The summed E-state index contributed by atoms with van der Waals surface area (Å²) in [4.78, 5) is 38.3. The summed E-state index contributed by atoms with van der Waals surface area (Å²) in [6.45, 7) is 3.61. The average Bonchev–Trinajstić information content (AvgIpc) is 3.10. The van der Waals surface area contributed by atoms with Crippen LogP contribution < -0.4 is 20.5 Å². The zero-order valence-corrected chi connectivity index (χ0v) is 16.1. The fourth-order valence-corrected chi connectivity index (χ4v) is 2.97. The van der Waals surface area contributed by atoms with E-state index in [0.717, 1.165) is 11.3 Å². The van der Waals surface area contributed by atoms with E-state index in [0.29, 0.717) is 0 Å². The predicted molar refractivity (Wildman–Crippen MR) is 104 cm³/mol. The molecule has 0 unspecified atom stereocenters. The van der Waals surface area contributed by atoms with Crippen LogP contribution in [0.2, 0.25) is 0 Å². The maximum atomic E-state index is 13.6. The lowest BCUT2D eigenvalue weighted by Gasteiger charge is -2.18. The number of nitrogens with one attached hydrogen (secondary N) is 2. The van der Waals surface area contributed by atoms with Gasteiger partial charge in [-0.1, -0.05) is 29.8 Å². The first-order valence-electron chi connectivity index (χ1n) is 9.23. The summed E-state index contributed by atoms with van der Waals surface area (Å²) in [6.07, 6.45) is -0.974. The van der Waals surface area contributed by atoms with Gasteiger partial charge in [-0.05, 0) is 38.1 Å². The molecular weight excluding hydrogens is 377 g/mol. The lowest BCUT2D eigenvalue weighted by atomic mass is 10.1. The second-order valence-corrected chi connectivity index (χ2v) is 6.91. The third-order valence-corrected chi connectivity index (χ3v) is 4.66. The third-order valence-electron chi connectivity index (χ3n) is 4.66. The Morgan fingerprint density at radius 2 is 1.83 bits per heavy atom. The summed E-state index contributed by atoms with van der Waals surface area (Å²) in [6, 6.07) is 13.2. The molecule has 7 nitrogen and oxygen atoms in total. The van der Waals surface area contributed by atoms with Gasteiger partial charge >= 0.3 is 0 Å². The molecule has 0 aromatic heterocycles. The normalized spacial score (nSPS) is 17.0. The number of hydrogen-bond donors (Lipinski definition) is 2. The fraction of sp³-hybridized carbons (Fsp3) is 0.286. The standard InChI is InChI=1S/C21H22FN3O4/c1-13-7-9-16(10-8-13)25-12-15(11-19(25)26)21(28)24-23-20(27)14(2)29-18-6-4-3-5-17(18)22/h3-10,14-15H,11-12H2,1-2H3,(H,23,27)(H,24,28)/t14-,15-/m1/s1. The predicted octanol–water partition coefficient (Wildman–Crippen LogP) is 2.10. The number of carbonyl (C=O) groups is 3. The first-order chi connectivity index (χ1) is 13.8. The Morgan fingerprint density at radius 3 is 2.52 bits per heavy atom. The van der Waals surface area contributed by atoms with Crippen LogP contribution in [0.3, 0.4) is 0 Å². The Bertz CT molecular complexity index is 916. The second-order valence-electron chi connectivity index (χ2n) is 6.91. The number of carbonyl (C=O) groups excluding carboxylic acids is 3. The number of benzene rings is 2. The SMILES string of the molecule is Cc1ccc(N2C[C@H](C(=O)NNC(=O)[C@@H](C)Oc3ccccc3F)CC2=O)cc1. The maximum Gasteiger partial charge on any atom is 0.279 e. The van der Waals surface area contributed by atoms with E-state index in [1.807, 2.05) is 31.2 Å². The number of hydrogen-bond acceptors (Lipinski definition) is 4. The van der Waals surface area contributed by atoms with Crippen molar-refractivity contribution in [1.29, 1.82) is 0 Å². The molecular formula is C21H22FN3O4. The molecule has 1 heterocycles. The smallest absolute Gasteiger partial charge is 0.279 e. The van der Waals surface area contributed by atoms with E-state index in [2.05, 4.69) is 10.9 Å². The first-order valence-corrected chi connectivity index (χ1v) is 9.23. The molecule has 1 fully saturated rings. The van der Waals surface area contributed by atoms with Crippen molar-refractivity contribution in [2.75, 3.05) is 11.4 Å². The van der Waals surface area contributed by atoms with Gasteiger partial charge in [-0.3, -0.25) is 25.2 Å². The highest BCUT2D eigenvalue weighted by Crippen LogP contribution is 2.25. The number of hydrazine groups is 1. The van der Waals surface area contributed by atoms with Gasteiger partial charge in [-0.2, -0.15) is 0 Å². The highest BCUT2D eigenvalue weighted by atomic mass is 19.1. The Morgan fingerprint density at radius 1 is 1.14 bits per heavy atom. The number of aryl methyl sites for hydroxylation is 1. The molecule has 1 aliphatic rings. The molecule has 2 N–H and O–H groups in total. The van der Waals surface area contributed by atoms with Gasteiger partial charge in [0.25, 0.3) is 5.91 Å². The fourth-order valence-electron chi connectivity index (χ4n) is 2.97. The molecule has 1 aliphatic heterocycles. The minimum absolute atomic E-state index is 0.0524. The number of nitrogens with zero attached hydrogens (tertiary/aromatic N) is 1. The molecule has 0 saturated carbocycles. The van der Waals surface area contributed by atoms with Crippen LogP contribution >= 0.6 is 0 Å². The van der Waals surface area contributed by atoms with Crippen LogP contribution in [0.4, 0.5) is 10.1 Å². The van der Waals surface area contributed by atoms with Crippen molar-refractivity contribution in [1.82, 2.24) is 10.9 Å². The number of amides is 3. The monoisotopic (exact) mass is 399 g/mol. The van der Waals surface area contributed by atoms with Gasteiger partial charge in [-0.25, -0.2) is 4.39 Å². The molecule has 0 aliphatic carbocycles. The zero-order valence-electron chi connectivity index (χ0n) is 16.1. The minimum atomic E-state index is -1.03. The van der Waals surface area contributed by atoms with Gasteiger partial charge in [0, 0.05) is 18.7 Å². The van der Waals surface area contributed by atoms with Gasteiger partial charge in [0.2, 0.25) is 11.8 Å². The zero-order chi connectivity index (χ0) is 21.0. The van der Waals surface area contributed by atoms with E-state index in [9.17, 15) is 18.8 Å². The maximum absolute atomic E-state index is 13.6. The van der Waals surface area contributed by atoms with E-state index >= 15 is 0 Å². The van der Waals surface area contributed by atoms with Gasteiger partial charge < -0.3 is 9.64 Å². The van der Waals surface area contributed by atoms with Gasteiger partial charge in [0.1, 0.15) is 0 Å². The van der Waals surface area contributed by atoms with E-state index in [4.69, 9.17) is 4.74 Å². The quantitative estimate of drug-likeness (QED) is 0.754. The summed E-state index contributed by atoms with van der Waals surface area (Å²) in [5.74, 6) is -2.50. The highest BCUT2D eigenvalue weighted by molar-refractivity contribution is 6.00. The summed E-state index contributed by atoms with van der Waals surface area (Å²) in [5.41, 5.74) is 6.38. The molecule has 0 bridgehead atoms. The summed E-state index contributed by atoms with van der Waals surface area (Å²) >= 11 is 0. The van der Waals surface area contributed by atoms with Crippen LogP contribution in [0.25, 0.3) is 0 Å². The van der Waals surface area contributed by atoms with Crippen LogP contribution in [0.1, 0.15) is 18.9 Å². The number of ether oxygens (including phenoxy) is 1. The molecule has 29 heavy (non-hydrogen) atoms. The van der Waals surface area contributed by atoms with E-state index in [1.165, 1.54) is 25.1 Å². The molecule has 0 radical (unpaired) electrons. The first kappa shape index (κ1) is 20.3. The summed E-state index contributed by atoms with van der Waals surface area (Å²) in [5, 5.41) is 0. The highest BCUT2D eigenvalue weighted by Gasteiger charge is 2.35. The van der Waals surface area contributed by atoms with Crippen molar-refractivity contribution in [3.63, 3.8) is 0 Å². The summed E-state index contributed by atoms with van der Waals surface area (Å²) in [7, 11) is 0. The molecule has 2 aromatic rings. The lowest BCUT2D eigenvalue weighted by molar-refractivity contribution is -0.134. The van der Waals surface area contributed by atoms with E-state index < -0.39 is 29.7 Å². The molecule has 152 valence electrons. The van der Waals surface area contributed by atoms with Crippen LogP contribution in [0.15, 0.2) is 48.5 Å². The number of anilines is 1. The topological polar surface area (TPSA) is 87.7 Å². The van der Waals surface area contributed by atoms with Crippen molar-refractivity contribution in [2.45, 2.75) is 26.4 Å². The van der Waals surface area contributed by atoms with Crippen molar-refractivity contribution in [2.24, 2.45) is 5.92 Å². The van der Waals surface area contributed by atoms with Crippen molar-refractivity contribution in [3.8, 4) is 5.75 Å². The summed E-state index contributed by atoms with van der Waals surface area (Å²) < 4.78 is 18.9. The van der Waals surface area contributed by atoms with E-state index in [1.54, 1.807) is 11.0 Å². The van der Waals surface area contributed by atoms with Gasteiger partial charge in [0.05, 0.1) is 5.92 Å². The lowest BCUT2D eigenvalue weighted by Crippen LogP contribution is -2.49. The van der Waals surface area contributed by atoms with Crippen molar-refractivity contribution >= 4 is 23.4 Å². The Labute approximate surface area is 167 Å². The number of halogens is 1. The Balaban J connectivity index is 1.51. The van der Waals surface area contributed by atoms with Gasteiger partial charge in [-0.15, -0.1) is 0 Å². The van der Waals surface area contributed by atoms with Crippen LogP contribution in [0.5, 0.6) is 5.75 Å². The molecule has 1 saturated heterocycles. The molecule has 2 atom stereocenters. The molecule has 3 amide bonds. The Hall–Kier alpha value is -3.42. The largest absolute Gasteiger partial charge is 0.478 e.